The van der Waals surface area contributed by atoms with Gasteiger partial charge < -0.3 is 4.79 Å². The monoisotopic (exact) mass is 244 g/mol. The molecule has 0 aromatic carbocycles. The number of rotatable bonds is 2. The van der Waals surface area contributed by atoms with Gasteiger partial charge in [-0.2, -0.15) is 6.08 Å². The van der Waals surface area contributed by atoms with Crippen molar-refractivity contribution in [1.82, 2.24) is 0 Å². The fraction of sp³-hybridized carbons (Fsp3) is 0.444. The first-order valence-corrected chi connectivity index (χ1v) is 3.01. The third-order valence-corrected chi connectivity index (χ3v) is 0.522. The van der Waals surface area contributed by atoms with Crippen molar-refractivity contribution in [2.75, 3.05) is 0 Å². The molecular formula is C9H15O2Y-. The van der Waals surface area contributed by atoms with Crippen LogP contribution in [0.5, 0.6) is 0 Å². The Bertz CT molecular complexity index is 125. The van der Waals surface area contributed by atoms with Crippen molar-refractivity contribution in [2.45, 2.75) is 27.7 Å². The van der Waals surface area contributed by atoms with Crippen LogP contribution in [0.25, 0.3) is 0 Å². The van der Waals surface area contributed by atoms with Crippen LogP contribution in [0.2, 0.25) is 0 Å². The Morgan fingerprint density at radius 1 is 1.33 bits per heavy atom. The number of hydrogen-bond acceptors (Lipinski definition) is 2. The van der Waals surface area contributed by atoms with E-state index < -0.39 is 0 Å². The van der Waals surface area contributed by atoms with Crippen LogP contribution >= 0.6 is 0 Å². The molecule has 0 saturated carbocycles. The topological polar surface area (TPSA) is 34.1 Å². The van der Waals surface area contributed by atoms with Gasteiger partial charge in [-0.15, -0.1) is 12.9 Å². The maximum atomic E-state index is 9.22. The summed E-state index contributed by atoms with van der Waals surface area (Å²) >= 11 is 0. The van der Waals surface area contributed by atoms with E-state index in [0.717, 1.165) is 6.42 Å². The molecule has 2 nitrogen and oxygen atoms in total. The standard InChI is InChI=1S/C4H6O.C4H5O.CH4.Y/c2*1-2-3-4-5;;/h3H,2H2,1H3;2-3H,1H3;1H4;/q;-1;;. The third kappa shape index (κ3) is 51.8. The predicted octanol–water partition coefficient (Wildman–Crippen LogP) is 2.02. The Balaban J connectivity index is -0.0000000457. The SMILES string of the molecule is C.CCC=C=O.C[CH-]C=C=O.[Y]. The quantitative estimate of drug-likeness (QED) is 0.550. The minimum atomic E-state index is 0. The molecule has 0 heterocycles. The Morgan fingerprint density at radius 2 is 1.83 bits per heavy atom. The van der Waals surface area contributed by atoms with Gasteiger partial charge >= 0.3 is 0 Å². The smallest absolute Gasteiger partial charge is 0.120 e. The second-order valence-corrected chi connectivity index (χ2v) is 1.35. The van der Waals surface area contributed by atoms with Crippen molar-refractivity contribution in [3.05, 3.63) is 18.6 Å². The van der Waals surface area contributed by atoms with E-state index in [4.69, 9.17) is 0 Å². The van der Waals surface area contributed by atoms with Crippen LogP contribution in [-0.4, -0.2) is 11.9 Å². The van der Waals surface area contributed by atoms with E-state index in [0.29, 0.717) is 0 Å². The fourth-order valence-corrected chi connectivity index (χ4v) is 0.151. The zero-order valence-corrected chi connectivity index (χ0v) is 9.67. The number of carbonyl (C=O) groups excluding carboxylic acids is 2. The van der Waals surface area contributed by atoms with E-state index in [1.165, 1.54) is 12.2 Å². The summed E-state index contributed by atoms with van der Waals surface area (Å²) in [5.74, 6) is 3.23. The van der Waals surface area contributed by atoms with E-state index in [-0.39, 0.29) is 40.1 Å². The fourth-order valence-electron chi connectivity index (χ4n) is 0.151. The van der Waals surface area contributed by atoms with E-state index in [9.17, 15) is 9.59 Å². The molecule has 0 aliphatic rings. The maximum absolute atomic E-state index is 9.22. The van der Waals surface area contributed by atoms with E-state index in [1.807, 2.05) is 6.92 Å². The Labute approximate surface area is 100.0 Å². The first-order valence-electron chi connectivity index (χ1n) is 3.01. The minimum Gasteiger partial charge on any atom is -0.365 e. The summed E-state index contributed by atoms with van der Waals surface area (Å²) in [5.41, 5.74) is 0. The van der Waals surface area contributed by atoms with E-state index in [1.54, 1.807) is 25.2 Å². The largest absolute Gasteiger partial charge is 0.365 e. The number of hydrogen-bond donors (Lipinski definition) is 0. The Morgan fingerprint density at radius 3 is 1.83 bits per heavy atom. The molecule has 0 fully saturated rings. The summed E-state index contributed by atoms with van der Waals surface area (Å²) in [5, 5.41) is 0. The molecule has 0 aromatic heterocycles. The second kappa shape index (κ2) is 30.7. The molecule has 0 amide bonds. The maximum Gasteiger partial charge on any atom is 0.120 e. The van der Waals surface area contributed by atoms with Crippen molar-refractivity contribution in [3.8, 4) is 0 Å². The normalized spacial score (nSPS) is 4.50. The molecule has 0 aliphatic heterocycles. The second-order valence-electron chi connectivity index (χ2n) is 1.35. The molecule has 0 unspecified atom stereocenters. The van der Waals surface area contributed by atoms with Crippen LogP contribution in [0.3, 0.4) is 0 Å². The first-order chi connectivity index (χ1) is 4.83. The average Bonchev–Trinajstić information content (AvgIpc) is 1.93. The summed E-state index contributed by atoms with van der Waals surface area (Å²) in [4.78, 5) is 18.4. The molecule has 0 aromatic rings. The average molecular weight is 244 g/mol. The summed E-state index contributed by atoms with van der Waals surface area (Å²) in [6.07, 6.45) is 5.19. The van der Waals surface area contributed by atoms with Gasteiger partial charge in [0.25, 0.3) is 0 Å². The van der Waals surface area contributed by atoms with Gasteiger partial charge in [0, 0.05) is 32.7 Å². The molecule has 0 bridgehead atoms. The van der Waals surface area contributed by atoms with Crippen LogP contribution in [0, 0.1) is 6.42 Å². The van der Waals surface area contributed by atoms with Gasteiger partial charge in [0.1, 0.15) is 5.94 Å². The molecule has 0 aliphatic carbocycles. The Kier molecular flexibility index (Phi) is 58.0. The van der Waals surface area contributed by atoms with Crippen LogP contribution in [-0.2, 0) is 42.3 Å². The Hall–Kier alpha value is -0.126. The molecule has 0 spiro atoms. The van der Waals surface area contributed by atoms with E-state index in [2.05, 4.69) is 0 Å². The summed E-state index contributed by atoms with van der Waals surface area (Å²) in [6, 6.07) is 0. The first kappa shape index (κ1) is 22.6. The van der Waals surface area contributed by atoms with Crippen molar-refractivity contribution in [2.24, 2.45) is 0 Å². The van der Waals surface area contributed by atoms with Gasteiger partial charge in [-0.25, -0.2) is 11.2 Å². The van der Waals surface area contributed by atoms with Gasteiger partial charge in [-0.05, 0) is 12.5 Å². The molecular weight excluding hydrogens is 229 g/mol. The van der Waals surface area contributed by atoms with Crippen LogP contribution < -0.4 is 0 Å². The van der Waals surface area contributed by atoms with Crippen molar-refractivity contribution >= 4 is 11.9 Å². The van der Waals surface area contributed by atoms with Crippen molar-refractivity contribution in [3.63, 3.8) is 0 Å². The van der Waals surface area contributed by atoms with E-state index >= 15 is 0 Å². The predicted molar refractivity (Wildman–Crippen MR) is 47.5 cm³/mol. The third-order valence-electron chi connectivity index (χ3n) is 0.522. The summed E-state index contributed by atoms with van der Waals surface area (Å²) in [7, 11) is 0. The molecule has 1 radical (unpaired) electrons. The molecule has 0 saturated heterocycles. The molecule has 3 heteroatoms. The number of allylic oxidation sites excluding steroid dienone is 2. The minimum absolute atomic E-state index is 0. The van der Waals surface area contributed by atoms with Crippen molar-refractivity contribution in [1.29, 1.82) is 0 Å². The molecule has 0 rings (SSSR count). The van der Waals surface area contributed by atoms with Crippen LogP contribution in [0.1, 0.15) is 27.7 Å². The summed E-state index contributed by atoms with van der Waals surface area (Å²) < 4.78 is 0. The van der Waals surface area contributed by atoms with Crippen LogP contribution in [0.4, 0.5) is 0 Å². The summed E-state index contributed by atoms with van der Waals surface area (Å²) in [6.45, 7) is 3.66. The molecule has 0 N–H and O–H groups in total. The van der Waals surface area contributed by atoms with Gasteiger partial charge in [0.15, 0.2) is 0 Å². The van der Waals surface area contributed by atoms with Gasteiger partial charge in [0.05, 0.1) is 0 Å². The molecule has 0 atom stereocenters. The van der Waals surface area contributed by atoms with Gasteiger partial charge in [-0.1, -0.05) is 14.4 Å². The zero-order valence-electron chi connectivity index (χ0n) is 6.83. The molecule has 67 valence electrons. The zero-order chi connectivity index (χ0) is 8.24. The van der Waals surface area contributed by atoms with Crippen molar-refractivity contribution < 1.29 is 42.3 Å². The van der Waals surface area contributed by atoms with Gasteiger partial charge in [0.2, 0.25) is 0 Å². The van der Waals surface area contributed by atoms with Crippen LogP contribution in [0.15, 0.2) is 12.2 Å². The molecule has 12 heavy (non-hydrogen) atoms. The van der Waals surface area contributed by atoms with Gasteiger partial charge in [-0.3, -0.25) is 0 Å².